The maximum absolute atomic E-state index is 5.85. The fourth-order valence-electron chi connectivity index (χ4n) is 1.30. The van der Waals surface area contributed by atoms with E-state index in [0.717, 1.165) is 5.56 Å². The molecule has 0 saturated heterocycles. The van der Waals surface area contributed by atoms with Crippen molar-refractivity contribution in [3.63, 3.8) is 0 Å². The Balaban J connectivity index is 2.20. The molecule has 0 aliphatic heterocycles. The second-order valence-corrected chi connectivity index (χ2v) is 3.73. The number of aromatic nitrogens is 1. The molecule has 2 N–H and O–H groups in total. The molecule has 0 aliphatic carbocycles. The van der Waals surface area contributed by atoms with Crippen molar-refractivity contribution in [1.82, 2.24) is 4.98 Å². The second-order valence-electron chi connectivity index (χ2n) is 3.29. The lowest BCUT2D eigenvalue weighted by Gasteiger charge is -2.06. The molecular formula is C12H11ClN2O. The van der Waals surface area contributed by atoms with E-state index >= 15 is 0 Å². The molecule has 3 nitrogen and oxygen atoms in total. The number of nitrogens with zero attached hydrogens (tertiary/aromatic N) is 1. The number of rotatable bonds is 3. The summed E-state index contributed by atoms with van der Waals surface area (Å²) < 4.78 is 5.60. The average molecular weight is 235 g/mol. The molecule has 2 aromatic rings. The van der Waals surface area contributed by atoms with Crippen LogP contribution in [0.5, 0.6) is 11.5 Å². The van der Waals surface area contributed by atoms with Gasteiger partial charge in [-0.2, -0.15) is 0 Å². The zero-order chi connectivity index (χ0) is 11.4. The number of hydrogen-bond donors (Lipinski definition) is 1. The van der Waals surface area contributed by atoms with Gasteiger partial charge in [-0.25, -0.2) is 0 Å². The van der Waals surface area contributed by atoms with Crippen LogP contribution < -0.4 is 10.5 Å². The van der Waals surface area contributed by atoms with Crippen molar-refractivity contribution in [3.05, 3.63) is 53.3 Å². The lowest BCUT2D eigenvalue weighted by atomic mass is 10.3. The molecule has 0 radical (unpaired) electrons. The summed E-state index contributed by atoms with van der Waals surface area (Å²) in [6.45, 7) is 0.444. The van der Waals surface area contributed by atoms with E-state index in [4.69, 9.17) is 22.1 Å². The summed E-state index contributed by atoms with van der Waals surface area (Å²) in [6, 6.07) is 9.06. The minimum absolute atomic E-state index is 0.444. The topological polar surface area (TPSA) is 48.1 Å². The first-order chi connectivity index (χ1) is 7.78. The number of hydrogen-bond acceptors (Lipinski definition) is 3. The summed E-state index contributed by atoms with van der Waals surface area (Å²) in [5, 5.41) is 0.639. The molecule has 0 atom stereocenters. The maximum Gasteiger partial charge on any atom is 0.146 e. The van der Waals surface area contributed by atoms with Gasteiger partial charge in [-0.1, -0.05) is 17.7 Å². The zero-order valence-corrected chi connectivity index (χ0v) is 9.32. The van der Waals surface area contributed by atoms with E-state index < -0.39 is 0 Å². The SMILES string of the molecule is NCc1cncc(Oc2cccc(Cl)c2)c1. The molecule has 82 valence electrons. The van der Waals surface area contributed by atoms with Crippen LogP contribution in [0.3, 0.4) is 0 Å². The number of nitrogens with two attached hydrogens (primary N) is 1. The van der Waals surface area contributed by atoms with Crippen molar-refractivity contribution in [2.24, 2.45) is 5.73 Å². The predicted octanol–water partition coefficient (Wildman–Crippen LogP) is 2.99. The van der Waals surface area contributed by atoms with Crippen LogP contribution in [-0.2, 0) is 6.54 Å². The Hall–Kier alpha value is -1.58. The number of halogens is 1. The molecular weight excluding hydrogens is 224 g/mol. The Morgan fingerprint density at radius 2 is 2.06 bits per heavy atom. The zero-order valence-electron chi connectivity index (χ0n) is 8.56. The molecule has 0 saturated carbocycles. The summed E-state index contributed by atoms with van der Waals surface area (Å²) in [5.74, 6) is 1.34. The summed E-state index contributed by atoms with van der Waals surface area (Å²) in [7, 11) is 0. The smallest absolute Gasteiger partial charge is 0.146 e. The minimum Gasteiger partial charge on any atom is -0.456 e. The third-order valence-electron chi connectivity index (χ3n) is 2.04. The van der Waals surface area contributed by atoms with Crippen molar-refractivity contribution < 1.29 is 4.74 Å². The second kappa shape index (κ2) is 4.96. The van der Waals surface area contributed by atoms with E-state index in [2.05, 4.69) is 4.98 Å². The van der Waals surface area contributed by atoms with Gasteiger partial charge in [-0.3, -0.25) is 4.98 Å². The van der Waals surface area contributed by atoms with Gasteiger partial charge in [0.05, 0.1) is 6.20 Å². The van der Waals surface area contributed by atoms with Gasteiger partial charge in [0.25, 0.3) is 0 Å². The van der Waals surface area contributed by atoms with Gasteiger partial charge in [-0.15, -0.1) is 0 Å². The van der Waals surface area contributed by atoms with Crippen molar-refractivity contribution in [1.29, 1.82) is 0 Å². The standard InChI is InChI=1S/C12H11ClN2O/c13-10-2-1-3-11(5-10)16-12-4-9(6-14)7-15-8-12/h1-5,7-8H,6,14H2. The highest BCUT2D eigenvalue weighted by Crippen LogP contribution is 2.23. The Labute approximate surface area is 98.8 Å². The third-order valence-corrected chi connectivity index (χ3v) is 2.27. The summed E-state index contributed by atoms with van der Waals surface area (Å²) in [5.41, 5.74) is 6.45. The lowest BCUT2D eigenvalue weighted by Crippen LogP contribution is -1.97. The summed E-state index contributed by atoms with van der Waals surface area (Å²) >= 11 is 5.85. The van der Waals surface area contributed by atoms with Crippen LogP contribution in [0, 0.1) is 0 Å². The third kappa shape index (κ3) is 2.72. The molecule has 0 amide bonds. The largest absolute Gasteiger partial charge is 0.456 e. The predicted molar refractivity (Wildman–Crippen MR) is 63.7 cm³/mol. The highest BCUT2D eigenvalue weighted by Gasteiger charge is 1.99. The van der Waals surface area contributed by atoms with Gasteiger partial charge in [0, 0.05) is 17.8 Å². The first-order valence-corrected chi connectivity index (χ1v) is 5.23. The molecule has 0 unspecified atom stereocenters. The monoisotopic (exact) mass is 234 g/mol. The number of pyridine rings is 1. The number of benzene rings is 1. The van der Waals surface area contributed by atoms with Crippen LogP contribution in [0.25, 0.3) is 0 Å². The van der Waals surface area contributed by atoms with Crippen molar-refractivity contribution in [3.8, 4) is 11.5 Å². The first kappa shape index (κ1) is 10.9. The van der Waals surface area contributed by atoms with Gasteiger partial charge in [-0.05, 0) is 29.8 Å². The van der Waals surface area contributed by atoms with Gasteiger partial charge in [0.15, 0.2) is 0 Å². The molecule has 1 aromatic carbocycles. The van der Waals surface area contributed by atoms with E-state index in [1.807, 2.05) is 18.2 Å². The molecule has 1 heterocycles. The van der Waals surface area contributed by atoms with Gasteiger partial charge in [0.1, 0.15) is 11.5 Å². The molecule has 0 aliphatic rings. The lowest BCUT2D eigenvalue weighted by molar-refractivity contribution is 0.479. The van der Waals surface area contributed by atoms with Crippen LogP contribution in [0.1, 0.15) is 5.56 Å². The highest BCUT2D eigenvalue weighted by molar-refractivity contribution is 6.30. The fraction of sp³-hybridized carbons (Fsp3) is 0.0833. The molecule has 0 fully saturated rings. The van der Waals surface area contributed by atoms with E-state index in [1.165, 1.54) is 0 Å². The van der Waals surface area contributed by atoms with Crippen molar-refractivity contribution >= 4 is 11.6 Å². The van der Waals surface area contributed by atoms with Crippen molar-refractivity contribution in [2.75, 3.05) is 0 Å². The van der Waals surface area contributed by atoms with Crippen LogP contribution in [0.15, 0.2) is 42.7 Å². The Morgan fingerprint density at radius 3 is 2.81 bits per heavy atom. The number of ether oxygens (including phenoxy) is 1. The van der Waals surface area contributed by atoms with Crippen LogP contribution in [0.2, 0.25) is 5.02 Å². The Morgan fingerprint density at radius 1 is 1.19 bits per heavy atom. The summed E-state index contributed by atoms with van der Waals surface area (Å²) in [4.78, 5) is 4.04. The van der Waals surface area contributed by atoms with Crippen LogP contribution in [-0.4, -0.2) is 4.98 Å². The maximum atomic E-state index is 5.85. The van der Waals surface area contributed by atoms with E-state index in [-0.39, 0.29) is 0 Å². The van der Waals surface area contributed by atoms with Crippen LogP contribution in [0.4, 0.5) is 0 Å². The van der Waals surface area contributed by atoms with E-state index in [9.17, 15) is 0 Å². The normalized spacial score (nSPS) is 10.1. The van der Waals surface area contributed by atoms with Crippen LogP contribution >= 0.6 is 11.6 Å². The van der Waals surface area contributed by atoms with Gasteiger partial charge in [0.2, 0.25) is 0 Å². The highest BCUT2D eigenvalue weighted by atomic mass is 35.5. The van der Waals surface area contributed by atoms with Crippen molar-refractivity contribution in [2.45, 2.75) is 6.54 Å². The minimum atomic E-state index is 0.444. The quantitative estimate of drug-likeness (QED) is 0.888. The molecule has 2 rings (SSSR count). The first-order valence-electron chi connectivity index (χ1n) is 4.85. The molecule has 0 bridgehead atoms. The van der Waals surface area contributed by atoms with E-state index in [1.54, 1.807) is 24.5 Å². The Kier molecular flexibility index (Phi) is 3.39. The summed E-state index contributed by atoms with van der Waals surface area (Å²) in [6.07, 6.45) is 3.35. The molecule has 1 aromatic heterocycles. The molecule has 16 heavy (non-hydrogen) atoms. The van der Waals surface area contributed by atoms with Gasteiger partial charge < -0.3 is 10.5 Å². The fourth-order valence-corrected chi connectivity index (χ4v) is 1.48. The Bertz CT molecular complexity index is 488. The van der Waals surface area contributed by atoms with E-state index in [0.29, 0.717) is 23.1 Å². The average Bonchev–Trinajstić information content (AvgIpc) is 2.29. The molecule has 0 spiro atoms. The molecule has 4 heteroatoms. The van der Waals surface area contributed by atoms with Gasteiger partial charge >= 0.3 is 0 Å².